The molecule has 1 aromatic rings. The molecule has 59 heavy (non-hydrogen) atoms. The van der Waals surface area contributed by atoms with Gasteiger partial charge >= 0.3 is 0 Å². The van der Waals surface area contributed by atoms with E-state index >= 15 is 0 Å². The molecule has 0 bridgehead atoms. The van der Waals surface area contributed by atoms with E-state index in [2.05, 4.69) is 112 Å². The zero-order valence-electron chi connectivity index (χ0n) is 41.1. The van der Waals surface area contributed by atoms with Gasteiger partial charge in [0.2, 0.25) is 0 Å². The van der Waals surface area contributed by atoms with Gasteiger partial charge in [-0.1, -0.05) is 135 Å². The second-order valence-corrected chi connectivity index (χ2v) is 15.3. The number of methoxy groups -OCH3 is 1. The molecular formula is C53H97ClO5. The fourth-order valence-corrected chi connectivity index (χ4v) is 7.24. The second-order valence-electron chi connectivity index (χ2n) is 15.0. The quantitative estimate of drug-likeness (QED) is 0.0420. The summed E-state index contributed by atoms with van der Waals surface area (Å²) < 4.78 is 4.25. The van der Waals surface area contributed by atoms with Crippen LogP contribution < -0.4 is 0 Å². The van der Waals surface area contributed by atoms with Crippen molar-refractivity contribution < 1.29 is 24.5 Å². The van der Waals surface area contributed by atoms with E-state index in [4.69, 9.17) is 26.6 Å². The highest BCUT2D eigenvalue weighted by molar-refractivity contribution is 6.18. The summed E-state index contributed by atoms with van der Waals surface area (Å²) in [6.45, 7) is 40.7. The van der Waals surface area contributed by atoms with Crippen LogP contribution in [0.4, 0.5) is 0 Å². The first-order valence-corrected chi connectivity index (χ1v) is 22.8. The van der Waals surface area contributed by atoms with Gasteiger partial charge in [-0.2, -0.15) is 0 Å². The molecule has 0 fully saturated rings. The first-order chi connectivity index (χ1) is 28.4. The van der Waals surface area contributed by atoms with Crippen LogP contribution >= 0.6 is 11.6 Å². The van der Waals surface area contributed by atoms with Gasteiger partial charge in [0, 0.05) is 40.7 Å². The van der Waals surface area contributed by atoms with Crippen molar-refractivity contribution in [2.45, 2.75) is 178 Å². The summed E-state index contributed by atoms with van der Waals surface area (Å²) in [6, 6.07) is 0. The number of aldehydes is 1. The predicted octanol–water partition coefficient (Wildman–Crippen LogP) is 14.8. The van der Waals surface area contributed by atoms with Gasteiger partial charge < -0.3 is 24.5 Å². The maximum atomic E-state index is 10.7. The molecule has 0 spiro atoms. The number of carbonyl (C=O) groups excluding carboxylic acids is 2. The lowest BCUT2D eigenvalue weighted by Crippen LogP contribution is -2.10. The molecule has 3 atom stereocenters. The van der Waals surface area contributed by atoms with E-state index < -0.39 is 0 Å². The van der Waals surface area contributed by atoms with Crippen molar-refractivity contribution in [3.05, 3.63) is 89.6 Å². The number of aliphatic hydroxyl groups excluding tert-OH is 2. The minimum atomic E-state index is 0.620. The summed E-state index contributed by atoms with van der Waals surface area (Å²) in [5.41, 5.74) is 12.9. The van der Waals surface area contributed by atoms with Crippen molar-refractivity contribution in [1.82, 2.24) is 0 Å². The van der Waals surface area contributed by atoms with Crippen LogP contribution in [0.3, 0.4) is 0 Å². The monoisotopic (exact) mass is 849 g/mol. The number of aliphatic hydroxyl groups is 2. The van der Waals surface area contributed by atoms with E-state index in [-0.39, 0.29) is 0 Å². The van der Waals surface area contributed by atoms with Gasteiger partial charge in [0.15, 0.2) is 0 Å². The van der Waals surface area contributed by atoms with E-state index in [1.165, 1.54) is 121 Å². The van der Waals surface area contributed by atoms with Gasteiger partial charge in [0.1, 0.15) is 13.1 Å². The lowest BCUT2D eigenvalue weighted by molar-refractivity contribution is -0.107. The van der Waals surface area contributed by atoms with E-state index in [1.807, 2.05) is 6.79 Å². The predicted molar refractivity (Wildman–Crippen MR) is 267 cm³/mol. The van der Waals surface area contributed by atoms with Crippen LogP contribution in [0.2, 0.25) is 0 Å². The zero-order valence-corrected chi connectivity index (χ0v) is 41.9. The molecule has 0 aromatic heterocycles. The second kappa shape index (κ2) is 51.6. The van der Waals surface area contributed by atoms with Crippen LogP contribution in [0.1, 0.15) is 179 Å². The third-order valence-corrected chi connectivity index (χ3v) is 10.9. The molecule has 0 saturated heterocycles. The number of benzene rings is 1. The first kappa shape index (κ1) is 68.2. The molecule has 2 N–H and O–H groups in total. The summed E-state index contributed by atoms with van der Waals surface area (Å²) in [5, 5.41) is 14.0. The Balaban J connectivity index is -0.000000194. The molecule has 1 aromatic carbocycles. The molecule has 0 radical (unpaired) electrons. The summed E-state index contributed by atoms with van der Waals surface area (Å²) in [5.74, 6) is 2.74. The molecule has 346 valence electrons. The van der Waals surface area contributed by atoms with Crippen molar-refractivity contribution in [2.24, 2.45) is 17.8 Å². The van der Waals surface area contributed by atoms with Crippen LogP contribution in [0.5, 0.6) is 0 Å². The molecule has 6 heteroatoms. The summed E-state index contributed by atoms with van der Waals surface area (Å²) in [4.78, 5) is 18.7. The minimum absolute atomic E-state index is 0.620. The fourth-order valence-electron chi connectivity index (χ4n) is 6.91. The largest absolute Gasteiger partial charge is 0.400 e. The smallest absolute Gasteiger partial charge is 0.120 e. The van der Waals surface area contributed by atoms with Crippen molar-refractivity contribution in [2.75, 3.05) is 34.3 Å². The van der Waals surface area contributed by atoms with Crippen LogP contribution in [-0.2, 0) is 40.0 Å². The highest BCUT2D eigenvalue weighted by Crippen LogP contribution is 2.35. The number of halogens is 1. The van der Waals surface area contributed by atoms with Crippen LogP contribution in [0.15, 0.2) is 56.2 Å². The Labute approximate surface area is 372 Å². The standard InChI is InChI=1S/C25H38O.C21H39Cl.C2H6O.C2H4.2CH4O.CH2O/c1-8-11-14-24-23(16-15-19(6)13-12-17-26)21(9-2)20(7)22(10-3)25(24)18(4)5;1-6-18(3)14-12-10-8-9-11-13-15-19(4)20(5)16-21(7-2)17-22;1-3-2;4*1-2/h15,17H,4,8-14,16H2,1-3,5-7H3;6,18-19,21H,1,5,7-17H2,2-4H3;1-2H3;1-2H2;2*2H,1H3;1H2/b19-15+;;;;;;. The Bertz CT molecular complexity index is 1170. The van der Waals surface area contributed by atoms with E-state index in [1.54, 1.807) is 14.2 Å². The molecule has 0 heterocycles. The Morgan fingerprint density at radius 2 is 1.29 bits per heavy atom. The maximum absolute atomic E-state index is 10.7. The Hall–Kier alpha value is -2.57. The fraction of sp³-hybridized carbons (Fsp3) is 0.660. The van der Waals surface area contributed by atoms with E-state index in [0.717, 1.165) is 64.9 Å². The number of allylic oxidation sites excluding steroid dienone is 5. The maximum Gasteiger partial charge on any atom is 0.120 e. The number of rotatable bonds is 26. The summed E-state index contributed by atoms with van der Waals surface area (Å²) >= 11 is 5.99. The minimum Gasteiger partial charge on any atom is -0.400 e. The molecular weight excluding hydrogens is 752 g/mol. The third kappa shape index (κ3) is 34.8. The summed E-state index contributed by atoms with van der Waals surface area (Å²) in [6.07, 6.45) is 26.7. The number of ether oxygens (including phenoxy) is 1. The zero-order chi connectivity index (χ0) is 47.2. The van der Waals surface area contributed by atoms with Gasteiger partial charge in [-0.25, -0.2) is 0 Å². The number of hydrogen-bond acceptors (Lipinski definition) is 5. The average molecular weight is 850 g/mol. The van der Waals surface area contributed by atoms with E-state index in [9.17, 15) is 4.79 Å². The van der Waals surface area contributed by atoms with Gasteiger partial charge in [0.25, 0.3) is 0 Å². The van der Waals surface area contributed by atoms with Crippen molar-refractivity contribution in [3.63, 3.8) is 0 Å². The molecule has 1 rings (SSSR count). The van der Waals surface area contributed by atoms with Gasteiger partial charge in [-0.15, -0.1) is 31.3 Å². The number of unbranched alkanes of at least 4 members (excludes halogenated alkanes) is 6. The molecule has 0 aliphatic heterocycles. The van der Waals surface area contributed by atoms with Crippen molar-refractivity contribution in [3.8, 4) is 0 Å². The molecule has 5 nitrogen and oxygen atoms in total. The Morgan fingerprint density at radius 3 is 1.69 bits per heavy atom. The van der Waals surface area contributed by atoms with E-state index in [0.29, 0.717) is 24.2 Å². The SMILES string of the molecule is C=C.C=C(C)c1c(CC)c(C)c(CC)c(C/C=C(\C)CCC=O)c1CCCC.C=CC(C)CCCCCCCCC(C)C(=C)CC(CC)CCl.C=O.CO.CO.COC. The molecule has 0 amide bonds. The van der Waals surface area contributed by atoms with Gasteiger partial charge in [0.05, 0.1) is 0 Å². The average Bonchev–Trinajstić information content (AvgIpc) is 3.26. The molecule has 0 aliphatic carbocycles. The Morgan fingerprint density at radius 1 is 0.797 bits per heavy atom. The van der Waals surface area contributed by atoms with Crippen molar-refractivity contribution in [1.29, 1.82) is 0 Å². The lowest BCUT2D eigenvalue weighted by atomic mass is 9.80. The summed E-state index contributed by atoms with van der Waals surface area (Å²) in [7, 11) is 5.25. The normalized spacial score (nSPS) is 11.5. The molecule has 3 unspecified atom stereocenters. The Kier molecular flexibility index (Phi) is 59.6. The molecule has 0 saturated carbocycles. The first-order valence-electron chi connectivity index (χ1n) is 22.2. The molecule has 0 aliphatic rings. The topological polar surface area (TPSA) is 83.8 Å². The van der Waals surface area contributed by atoms with Crippen LogP contribution in [0, 0.1) is 24.7 Å². The highest BCUT2D eigenvalue weighted by atomic mass is 35.5. The number of alkyl halides is 1. The number of hydrogen-bond donors (Lipinski definition) is 2. The third-order valence-electron chi connectivity index (χ3n) is 10.5. The number of carbonyl (C=O) groups is 2. The lowest BCUT2D eigenvalue weighted by Gasteiger charge is -2.25. The van der Waals surface area contributed by atoms with Gasteiger partial charge in [-0.3, -0.25) is 0 Å². The van der Waals surface area contributed by atoms with Gasteiger partial charge in [-0.05, 0) is 130 Å². The van der Waals surface area contributed by atoms with Crippen molar-refractivity contribution >= 4 is 30.2 Å². The van der Waals surface area contributed by atoms with Crippen LogP contribution in [-0.4, -0.2) is 57.6 Å². The van der Waals surface area contributed by atoms with Crippen LogP contribution in [0.25, 0.3) is 5.57 Å². The highest BCUT2D eigenvalue weighted by Gasteiger charge is 2.20.